The fraction of sp³-hybridized carbons (Fsp3) is 0.541. The number of rotatable bonds is 3. The summed E-state index contributed by atoms with van der Waals surface area (Å²) in [5.41, 5.74) is 1.57. The lowest BCUT2D eigenvalue weighted by Gasteiger charge is -2.51. The number of nitrogens with zero attached hydrogens (tertiary/aromatic N) is 4. The van der Waals surface area contributed by atoms with Crippen LogP contribution in [0.2, 0.25) is 5.02 Å². The molecule has 1 N–H and O–H groups in total. The van der Waals surface area contributed by atoms with Crippen molar-refractivity contribution in [2.24, 2.45) is 5.41 Å². The van der Waals surface area contributed by atoms with E-state index in [1.165, 1.54) is 6.20 Å². The highest BCUT2D eigenvalue weighted by molar-refractivity contribution is 6.36. The first-order chi connectivity index (χ1) is 23.4. The largest absolute Gasteiger partial charge is 0.446 e. The van der Waals surface area contributed by atoms with Crippen LogP contribution in [0, 0.1) is 18.2 Å². The Hall–Kier alpha value is -4.19. The van der Waals surface area contributed by atoms with Gasteiger partial charge in [-0.2, -0.15) is 0 Å². The van der Waals surface area contributed by atoms with Gasteiger partial charge in [-0.05, 0) is 115 Å². The van der Waals surface area contributed by atoms with Crippen molar-refractivity contribution < 1.29 is 33.0 Å². The minimum Gasteiger partial charge on any atom is -0.446 e. The molecule has 268 valence electrons. The number of ether oxygens (including phenoxy) is 3. The van der Waals surface area contributed by atoms with Crippen molar-refractivity contribution >= 4 is 52.2 Å². The molecule has 1 aliphatic carbocycles. The Morgan fingerprint density at radius 3 is 2.26 bits per heavy atom. The molecule has 2 fully saturated rings. The van der Waals surface area contributed by atoms with E-state index in [0.717, 1.165) is 37.8 Å². The van der Waals surface area contributed by atoms with Gasteiger partial charge in [-0.3, -0.25) is 15.2 Å². The van der Waals surface area contributed by atoms with Crippen LogP contribution in [0.5, 0.6) is 0 Å². The van der Waals surface area contributed by atoms with Crippen LogP contribution < -0.4 is 10.2 Å². The first kappa shape index (κ1) is 35.6. The van der Waals surface area contributed by atoms with Crippen LogP contribution in [0.1, 0.15) is 84.9 Å². The molecule has 0 unspecified atom stereocenters. The summed E-state index contributed by atoms with van der Waals surface area (Å²) in [7, 11) is 0. The van der Waals surface area contributed by atoms with Crippen molar-refractivity contribution in [2.45, 2.75) is 104 Å². The topological polar surface area (TPSA) is 123 Å². The number of anilines is 2. The van der Waals surface area contributed by atoms with Gasteiger partial charge in [-0.1, -0.05) is 11.6 Å². The molecule has 6 rings (SSSR count). The van der Waals surface area contributed by atoms with Crippen molar-refractivity contribution in [3.63, 3.8) is 0 Å². The Kier molecular flexibility index (Phi) is 9.38. The van der Waals surface area contributed by atoms with Gasteiger partial charge in [-0.25, -0.2) is 23.8 Å². The van der Waals surface area contributed by atoms with E-state index in [4.69, 9.17) is 25.8 Å². The number of carbonyl (C=O) groups excluding carboxylic acids is 3. The number of hydrogen-bond donors (Lipinski definition) is 1. The first-order valence-electron chi connectivity index (χ1n) is 17.1. The smallest absolute Gasteiger partial charge is 0.414 e. The molecule has 2 aliphatic heterocycles. The van der Waals surface area contributed by atoms with Crippen LogP contribution >= 0.6 is 11.6 Å². The van der Waals surface area contributed by atoms with Gasteiger partial charge in [0.25, 0.3) is 0 Å². The molecule has 3 aromatic rings. The molecule has 50 heavy (non-hydrogen) atoms. The second kappa shape index (κ2) is 13.2. The van der Waals surface area contributed by atoms with Crippen LogP contribution in [-0.4, -0.2) is 70.1 Å². The van der Waals surface area contributed by atoms with Gasteiger partial charge >= 0.3 is 18.3 Å². The number of amides is 3. The van der Waals surface area contributed by atoms with E-state index in [1.807, 2.05) is 48.5 Å². The Morgan fingerprint density at radius 2 is 1.60 bits per heavy atom. The second-order valence-corrected chi connectivity index (χ2v) is 16.1. The quantitative estimate of drug-likeness (QED) is 0.268. The standard InChI is InChI=1S/C37H45ClFN5O6/c1-21-25(19-40-27-9-8-12-44(31(21)27)34(47)50-36(5,6)7)24-15-22-16-28(41-20-26(22)29(38)30(24)39)42-32(45)48-23-17-37(18-23)10-13-43(14-11-37)33(46)49-35(2,3)4/h15-16,19-20,23H,8-14,17-18H2,1-7H3,(H,41,42,45). The number of likely N-dealkylation sites (tertiary alicyclic amines) is 1. The third-order valence-corrected chi connectivity index (χ3v) is 9.92. The van der Waals surface area contributed by atoms with Crippen molar-refractivity contribution in [2.75, 3.05) is 29.9 Å². The van der Waals surface area contributed by atoms with Crippen LogP contribution in [-0.2, 0) is 20.6 Å². The van der Waals surface area contributed by atoms with Crippen LogP contribution in [0.15, 0.2) is 24.5 Å². The van der Waals surface area contributed by atoms with Gasteiger partial charge in [0.1, 0.15) is 28.9 Å². The zero-order valence-electron chi connectivity index (χ0n) is 29.7. The maximum Gasteiger partial charge on any atom is 0.414 e. The van der Waals surface area contributed by atoms with Gasteiger partial charge in [0, 0.05) is 48.5 Å². The van der Waals surface area contributed by atoms with E-state index >= 15 is 4.39 Å². The Morgan fingerprint density at radius 1 is 0.940 bits per heavy atom. The molecule has 1 spiro atoms. The van der Waals surface area contributed by atoms with Crippen molar-refractivity contribution in [1.29, 1.82) is 0 Å². The lowest BCUT2D eigenvalue weighted by Crippen LogP contribution is -2.52. The van der Waals surface area contributed by atoms with Gasteiger partial charge in [0.05, 0.1) is 16.4 Å². The number of benzene rings is 1. The van der Waals surface area contributed by atoms with E-state index in [0.29, 0.717) is 53.6 Å². The van der Waals surface area contributed by atoms with Crippen LogP contribution in [0.3, 0.4) is 0 Å². The van der Waals surface area contributed by atoms with Crippen molar-refractivity contribution in [3.8, 4) is 11.1 Å². The van der Waals surface area contributed by atoms with Gasteiger partial charge in [-0.15, -0.1) is 0 Å². The molecule has 2 aromatic heterocycles. The van der Waals surface area contributed by atoms with Crippen LogP contribution in [0.25, 0.3) is 21.9 Å². The maximum atomic E-state index is 15.9. The molecule has 0 atom stereocenters. The molecule has 1 saturated heterocycles. The number of piperidine rings is 1. The third kappa shape index (κ3) is 7.45. The number of aryl methyl sites for hydroxylation is 1. The molecule has 3 amide bonds. The summed E-state index contributed by atoms with van der Waals surface area (Å²) in [6.45, 7) is 14.5. The molecule has 1 aromatic carbocycles. The summed E-state index contributed by atoms with van der Waals surface area (Å²) in [5, 5.41) is 3.52. The van der Waals surface area contributed by atoms with E-state index in [9.17, 15) is 14.4 Å². The first-order valence-corrected chi connectivity index (χ1v) is 17.5. The molecular weight excluding hydrogens is 665 g/mol. The molecule has 1 saturated carbocycles. The summed E-state index contributed by atoms with van der Waals surface area (Å²) in [6.07, 6.45) is 5.91. The van der Waals surface area contributed by atoms with Gasteiger partial charge < -0.3 is 19.1 Å². The van der Waals surface area contributed by atoms with E-state index < -0.39 is 29.2 Å². The predicted octanol–water partition coefficient (Wildman–Crippen LogP) is 8.81. The summed E-state index contributed by atoms with van der Waals surface area (Å²) < 4.78 is 32.7. The number of aromatic nitrogens is 2. The summed E-state index contributed by atoms with van der Waals surface area (Å²) >= 11 is 6.55. The zero-order chi connectivity index (χ0) is 36.2. The lowest BCUT2D eigenvalue weighted by atomic mass is 9.61. The average molecular weight is 710 g/mol. The monoisotopic (exact) mass is 709 g/mol. The number of carbonyl (C=O) groups is 3. The minimum atomic E-state index is -0.680. The van der Waals surface area contributed by atoms with Crippen molar-refractivity contribution in [1.82, 2.24) is 14.9 Å². The van der Waals surface area contributed by atoms with E-state index in [2.05, 4.69) is 15.3 Å². The molecule has 0 bridgehead atoms. The lowest BCUT2D eigenvalue weighted by molar-refractivity contribution is -0.0717. The van der Waals surface area contributed by atoms with Crippen molar-refractivity contribution in [3.05, 3.63) is 46.6 Å². The van der Waals surface area contributed by atoms with E-state index in [1.54, 1.807) is 28.1 Å². The zero-order valence-corrected chi connectivity index (χ0v) is 30.5. The fourth-order valence-electron chi connectivity index (χ4n) is 7.14. The van der Waals surface area contributed by atoms with Crippen LogP contribution in [0.4, 0.5) is 30.3 Å². The van der Waals surface area contributed by atoms with Gasteiger partial charge in [0.15, 0.2) is 0 Å². The number of halogens is 2. The molecule has 11 nitrogen and oxygen atoms in total. The number of nitrogens with one attached hydrogen (secondary N) is 1. The third-order valence-electron chi connectivity index (χ3n) is 9.55. The Bertz CT molecular complexity index is 1840. The second-order valence-electron chi connectivity index (χ2n) is 15.7. The summed E-state index contributed by atoms with van der Waals surface area (Å²) in [6, 6.07) is 3.26. The highest BCUT2D eigenvalue weighted by atomic mass is 35.5. The highest BCUT2D eigenvalue weighted by Crippen LogP contribution is 2.50. The predicted molar refractivity (Wildman–Crippen MR) is 189 cm³/mol. The minimum absolute atomic E-state index is 0.0511. The number of hydrogen-bond acceptors (Lipinski definition) is 8. The maximum absolute atomic E-state index is 15.9. The number of fused-ring (bicyclic) bond motifs is 2. The molecular formula is C37H45ClFN5O6. The number of pyridine rings is 2. The summed E-state index contributed by atoms with van der Waals surface area (Å²) in [4.78, 5) is 50.7. The fourth-order valence-corrected chi connectivity index (χ4v) is 7.40. The SMILES string of the molecule is Cc1c(-c2cc3cc(NC(=O)OC4CC5(CCN(C(=O)OC(C)(C)C)CC5)C4)ncc3c(Cl)c2F)cnc2c1N(C(=O)OC(C)(C)C)CCC2. The molecule has 13 heteroatoms. The average Bonchev–Trinajstić information content (AvgIpc) is 3.01. The Labute approximate surface area is 296 Å². The molecule has 4 heterocycles. The van der Waals surface area contributed by atoms with Gasteiger partial charge in [0.2, 0.25) is 0 Å². The van der Waals surface area contributed by atoms with E-state index in [-0.39, 0.29) is 34.0 Å². The normalized spacial score (nSPS) is 17.6. The summed E-state index contributed by atoms with van der Waals surface area (Å²) in [5.74, 6) is -0.409. The highest BCUT2D eigenvalue weighted by Gasteiger charge is 2.48. The molecule has 3 aliphatic rings. The Balaban J connectivity index is 1.14. The molecule has 0 radical (unpaired) electrons.